The molecule has 0 bridgehead atoms. The van der Waals surface area contributed by atoms with E-state index in [-0.39, 0.29) is 44.7 Å². The molecule has 2 aliphatic heterocycles. The van der Waals surface area contributed by atoms with Crippen molar-refractivity contribution in [3.8, 4) is 11.3 Å². The van der Waals surface area contributed by atoms with Crippen LogP contribution in [0.1, 0.15) is 50.5 Å². The summed E-state index contributed by atoms with van der Waals surface area (Å²) in [6, 6.07) is 11.9. The van der Waals surface area contributed by atoms with Crippen molar-refractivity contribution in [1.82, 2.24) is 20.1 Å². The Kier molecular flexibility index (Phi) is 9.66. The van der Waals surface area contributed by atoms with Gasteiger partial charge in [-0.2, -0.15) is 0 Å². The highest BCUT2D eigenvalue weighted by Gasteiger charge is 2.32. The van der Waals surface area contributed by atoms with Crippen molar-refractivity contribution in [2.75, 3.05) is 44.2 Å². The zero-order valence-corrected chi connectivity index (χ0v) is 24.3. The van der Waals surface area contributed by atoms with E-state index in [4.69, 9.17) is 4.74 Å². The van der Waals surface area contributed by atoms with Crippen molar-refractivity contribution in [3.05, 3.63) is 48.2 Å². The molecule has 3 amide bonds. The van der Waals surface area contributed by atoms with Gasteiger partial charge in [-0.05, 0) is 45.7 Å². The van der Waals surface area contributed by atoms with E-state index in [1.807, 2.05) is 41.3 Å². The van der Waals surface area contributed by atoms with Gasteiger partial charge in [-0.3, -0.25) is 14.4 Å². The summed E-state index contributed by atoms with van der Waals surface area (Å²) in [6.07, 6.45) is -1.00. The summed E-state index contributed by atoms with van der Waals surface area (Å²) in [5, 5.41) is 22.2. The Labute approximate surface area is 245 Å². The van der Waals surface area contributed by atoms with Gasteiger partial charge in [0.2, 0.25) is 5.91 Å². The number of piperazine rings is 1. The van der Waals surface area contributed by atoms with Gasteiger partial charge in [0.25, 0.3) is 5.91 Å². The predicted molar refractivity (Wildman–Crippen MR) is 155 cm³/mol. The summed E-state index contributed by atoms with van der Waals surface area (Å²) in [5.41, 5.74) is 1.50. The lowest BCUT2D eigenvalue weighted by molar-refractivity contribution is -0.155. The Balaban J connectivity index is 1.58. The molecular formula is C30H39N5O7. The first-order chi connectivity index (χ1) is 19.9. The second kappa shape index (κ2) is 13.2. The lowest BCUT2D eigenvalue weighted by Gasteiger charge is -2.35. The average Bonchev–Trinajstić information content (AvgIpc) is 3.40. The molecule has 2 fully saturated rings. The van der Waals surface area contributed by atoms with E-state index < -0.39 is 41.6 Å². The van der Waals surface area contributed by atoms with Gasteiger partial charge in [-0.15, -0.1) is 0 Å². The number of ether oxygens (including phenoxy) is 1. The first kappa shape index (κ1) is 30.8. The average molecular weight is 582 g/mol. The molecule has 12 nitrogen and oxygen atoms in total. The number of carboxylic acid groups (broad SMARTS) is 1. The molecule has 226 valence electrons. The number of anilines is 1. The molecule has 2 atom stereocenters. The van der Waals surface area contributed by atoms with Crippen LogP contribution in [-0.2, 0) is 14.3 Å². The van der Waals surface area contributed by atoms with Crippen LogP contribution in [0.25, 0.3) is 11.3 Å². The van der Waals surface area contributed by atoms with Crippen LogP contribution in [0.3, 0.4) is 0 Å². The van der Waals surface area contributed by atoms with E-state index in [2.05, 4.69) is 10.3 Å². The molecule has 2 aromatic rings. The largest absolute Gasteiger partial charge is 0.465 e. The first-order valence-corrected chi connectivity index (χ1v) is 14.2. The summed E-state index contributed by atoms with van der Waals surface area (Å²) < 4.78 is 5.40. The molecule has 0 radical (unpaired) electrons. The van der Waals surface area contributed by atoms with Crippen molar-refractivity contribution in [1.29, 1.82) is 0 Å². The number of nitrogens with one attached hydrogen (secondary N) is 1. The Hall–Kier alpha value is -4.19. The van der Waals surface area contributed by atoms with Crippen molar-refractivity contribution >= 4 is 29.6 Å². The van der Waals surface area contributed by atoms with Gasteiger partial charge in [0.15, 0.2) is 0 Å². The number of β-amino-alcohol motifs (C(OH)–C–C–N with tert-alkyl or cyclic N) is 1. The fraction of sp³-hybridized carbons (Fsp3) is 0.500. The van der Waals surface area contributed by atoms with Crippen molar-refractivity contribution in [2.24, 2.45) is 0 Å². The quantitative estimate of drug-likeness (QED) is 0.399. The molecule has 1 aromatic carbocycles. The van der Waals surface area contributed by atoms with Crippen LogP contribution in [-0.4, -0.2) is 106 Å². The minimum Gasteiger partial charge on any atom is -0.465 e. The Bertz CT molecular complexity index is 1290. The summed E-state index contributed by atoms with van der Waals surface area (Å²) >= 11 is 0. The molecule has 3 heterocycles. The number of hydrogen-bond donors (Lipinski definition) is 3. The fourth-order valence-corrected chi connectivity index (χ4v) is 5.03. The van der Waals surface area contributed by atoms with Crippen molar-refractivity contribution < 1.29 is 34.1 Å². The second-order valence-corrected chi connectivity index (χ2v) is 11.6. The van der Waals surface area contributed by atoms with Crippen LogP contribution in [0.5, 0.6) is 0 Å². The standard InChI is InChI=1S/C30H39N5O7/c1-30(2,3)42-26(37)10-9-23(28(39)33-13-15-34(16-14-33)29(40)41)32-27(38)25-18-21(35-12-11-22(36)19-35)17-24(31-25)20-7-5-4-6-8-20/h4-8,17-18,22-23,36H,9-16,19H2,1-3H3,(H,32,38)(H,40,41)/t22-,23-/m0/s1. The van der Waals surface area contributed by atoms with Crippen LogP contribution in [0.4, 0.5) is 10.5 Å². The maximum atomic E-state index is 13.7. The summed E-state index contributed by atoms with van der Waals surface area (Å²) in [5.74, 6) is -1.48. The number of nitrogens with zero attached hydrogens (tertiary/aromatic N) is 4. The number of amides is 3. The number of benzene rings is 1. The molecule has 2 saturated heterocycles. The Morgan fingerprint density at radius 1 is 1.02 bits per heavy atom. The maximum Gasteiger partial charge on any atom is 0.407 e. The number of esters is 1. The van der Waals surface area contributed by atoms with Gasteiger partial charge in [0.05, 0.1) is 11.8 Å². The third kappa shape index (κ3) is 8.19. The molecule has 2 aliphatic rings. The summed E-state index contributed by atoms with van der Waals surface area (Å²) in [4.78, 5) is 60.4. The van der Waals surface area contributed by atoms with Crippen LogP contribution in [0.15, 0.2) is 42.5 Å². The molecule has 0 saturated carbocycles. The number of carbonyl (C=O) groups excluding carboxylic acids is 3. The number of aliphatic hydroxyl groups is 1. The van der Waals surface area contributed by atoms with Gasteiger partial charge in [0.1, 0.15) is 17.3 Å². The van der Waals surface area contributed by atoms with Gasteiger partial charge in [-0.25, -0.2) is 9.78 Å². The lowest BCUT2D eigenvalue weighted by atomic mass is 10.1. The third-order valence-corrected chi connectivity index (χ3v) is 7.16. The van der Waals surface area contributed by atoms with Crippen LogP contribution in [0.2, 0.25) is 0 Å². The molecule has 3 N–H and O–H groups in total. The highest BCUT2D eigenvalue weighted by atomic mass is 16.6. The number of hydrogen-bond acceptors (Lipinski definition) is 8. The zero-order valence-electron chi connectivity index (χ0n) is 24.3. The molecule has 12 heteroatoms. The van der Waals surface area contributed by atoms with Gasteiger partial charge < -0.3 is 35.0 Å². The third-order valence-electron chi connectivity index (χ3n) is 7.16. The molecule has 1 aromatic heterocycles. The topological polar surface area (TPSA) is 153 Å². The van der Waals surface area contributed by atoms with Crippen LogP contribution >= 0.6 is 0 Å². The molecule has 0 aliphatic carbocycles. The van der Waals surface area contributed by atoms with E-state index in [1.165, 1.54) is 9.80 Å². The van der Waals surface area contributed by atoms with Gasteiger partial charge >= 0.3 is 12.1 Å². The van der Waals surface area contributed by atoms with E-state index in [9.17, 15) is 29.4 Å². The monoisotopic (exact) mass is 581 g/mol. The molecule has 42 heavy (non-hydrogen) atoms. The van der Waals surface area contributed by atoms with E-state index in [1.54, 1.807) is 26.8 Å². The normalized spacial score (nSPS) is 18.0. The molecule has 4 rings (SSSR count). The lowest BCUT2D eigenvalue weighted by Crippen LogP contribution is -2.55. The zero-order chi connectivity index (χ0) is 30.4. The van der Waals surface area contributed by atoms with E-state index >= 15 is 0 Å². The number of carbonyl (C=O) groups is 4. The van der Waals surface area contributed by atoms with Gasteiger partial charge in [-0.1, -0.05) is 30.3 Å². The second-order valence-electron chi connectivity index (χ2n) is 11.6. The highest BCUT2D eigenvalue weighted by Crippen LogP contribution is 2.27. The maximum absolute atomic E-state index is 13.7. The van der Waals surface area contributed by atoms with E-state index in [0.717, 1.165) is 11.3 Å². The smallest absolute Gasteiger partial charge is 0.407 e. The van der Waals surface area contributed by atoms with Crippen LogP contribution in [0, 0.1) is 0 Å². The minimum atomic E-state index is -1.05. The number of rotatable bonds is 8. The molecule has 0 unspecified atom stereocenters. The SMILES string of the molecule is CC(C)(C)OC(=O)CC[C@H](NC(=O)c1cc(N2CC[C@H](O)C2)cc(-c2ccccc2)n1)C(=O)N1CCN(C(=O)O)CC1. The Morgan fingerprint density at radius 2 is 1.69 bits per heavy atom. The highest BCUT2D eigenvalue weighted by molar-refractivity contribution is 5.97. The van der Waals surface area contributed by atoms with Gasteiger partial charge in [0, 0.05) is 56.9 Å². The number of aliphatic hydroxyl groups excluding tert-OH is 1. The van der Waals surface area contributed by atoms with Crippen molar-refractivity contribution in [3.63, 3.8) is 0 Å². The Morgan fingerprint density at radius 3 is 2.29 bits per heavy atom. The first-order valence-electron chi connectivity index (χ1n) is 14.2. The number of pyridine rings is 1. The molecular weight excluding hydrogens is 542 g/mol. The number of aromatic nitrogens is 1. The summed E-state index contributed by atoms with van der Waals surface area (Å²) in [7, 11) is 0. The van der Waals surface area contributed by atoms with E-state index in [0.29, 0.717) is 25.2 Å². The van der Waals surface area contributed by atoms with Crippen molar-refractivity contribution in [2.45, 2.75) is 57.8 Å². The minimum absolute atomic E-state index is 0.00216. The van der Waals surface area contributed by atoms with Crippen LogP contribution < -0.4 is 10.2 Å². The molecule has 0 spiro atoms. The summed E-state index contributed by atoms with van der Waals surface area (Å²) in [6.45, 7) is 6.95. The predicted octanol–water partition coefficient (Wildman–Crippen LogP) is 2.36. The fourth-order valence-electron chi connectivity index (χ4n) is 5.03.